The third-order valence-electron chi connectivity index (χ3n) is 6.08. The minimum Gasteiger partial charge on any atom is -0.477 e. The van der Waals surface area contributed by atoms with Crippen molar-refractivity contribution in [1.82, 2.24) is 20.4 Å². The molecule has 3 aliphatic heterocycles. The van der Waals surface area contributed by atoms with Crippen molar-refractivity contribution in [3.05, 3.63) is 42.0 Å². The highest BCUT2D eigenvalue weighted by Crippen LogP contribution is 2.30. The summed E-state index contributed by atoms with van der Waals surface area (Å²) in [5, 5.41) is 11.4. The summed E-state index contributed by atoms with van der Waals surface area (Å²) < 4.78 is 11.2. The zero-order chi connectivity index (χ0) is 21.1. The summed E-state index contributed by atoms with van der Waals surface area (Å²) in [4.78, 5) is 15.0. The SMILES string of the molecule is CCOc1ccc(-c2cccc(C(C)(C)NC(=O)OC3CN4CCC3CC4)c2)nn1. The van der Waals surface area contributed by atoms with Gasteiger partial charge < -0.3 is 14.8 Å². The molecule has 2 aromatic rings. The Kier molecular flexibility index (Phi) is 5.90. The summed E-state index contributed by atoms with van der Waals surface area (Å²) in [6.45, 7) is 9.53. The van der Waals surface area contributed by atoms with Gasteiger partial charge in [0.25, 0.3) is 0 Å². The normalized spacial score (nSPS) is 23.1. The molecule has 3 fully saturated rings. The van der Waals surface area contributed by atoms with E-state index in [4.69, 9.17) is 9.47 Å². The zero-order valence-electron chi connectivity index (χ0n) is 17.9. The fraction of sp³-hybridized carbons (Fsp3) is 0.522. The highest BCUT2D eigenvalue weighted by atomic mass is 16.6. The highest BCUT2D eigenvalue weighted by Gasteiger charge is 2.37. The summed E-state index contributed by atoms with van der Waals surface area (Å²) in [7, 11) is 0. The Balaban J connectivity index is 1.43. The van der Waals surface area contributed by atoms with E-state index in [1.807, 2.05) is 57.2 Å². The smallest absolute Gasteiger partial charge is 0.408 e. The average Bonchev–Trinajstić information content (AvgIpc) is 2.75. The molecule has 0 saturated carbocycles. The molecule has 1 N–H and O–H groups in total. The van der Waals surface area contributed by atoms with E-state index in [1.165, 1.54) is 0 Å². The van der Waals surface area contributed by atoms with Crippen LogP contribution in [0.3, 0.4) is 0 Å². The second-order valence-electron chi connectivity index (χ2n) is 8.60. The van der Waals surface area contributed by atoms with Crippen molar-refractivity contribution in [2.45, 2.75) is 45.3 Å². The summed E-state index contributed by atoms with van der Waals surface area (Å²) in [5.41, 5.74) is 2.08. The van der Waals surface area contributed by atoms with Crippen LogP contribution in [0.15, 0.2) is 36.4 Å². The van der Waals surface area contributed by atoms with Crippen molar-refractivity contribution in [3.8, 4) is 17.1 Å². The summed E-state index contributed by atoms with van der Waals surface area (Å²) in [5.74, 6) is 1.00. The number of rotatable bonds is 6. The maximum absolute atomic E-state index is 12.6. The first-order valence-electron chi connectivity index (χ1n) is 10.7. The molecule has 4 heterocycles. The number of aromatic nitrogens is 2. The monoisotopic (exact) mass is 410 g/mol. The number of benzene rings is 1. The maximum atomic E-state index is 12.6. The number of hydrogen-bond donors (Lipinski definition) is 1. The second-order valence-corrected chi connectivity index (χ2v) is 8.60. The molecular weight excluding hydrogens is 380 g/mol. The van der Waals surface area contributed by atoms with E-state index in [1.54, 1.807) is 0 Å². The zero-order valence-corrected chi connectivity index (χ0v) is 17.9. The molecule has 3 aliphatic rings. The van der Waals surface area contributed by atoms with Gasteiger partial charge in [0.1, 0.15) is 6.10 Å². The number of fused-ring (bicyclic) bond motifs is 3. The standard InChI is InChI=1S/C23H30N4O3/c1-4-29-21-9-8-19(25-26-21)17-6-5-7-18(14-17)23(2,3)24-22(28)30-20-15-27-12-10-16(20)11-13-27/h5-9,14,16,20H,4,10-13,15H2,1-3H3,(H,24,28). The van der Waals surface area contributed by atoms with Crippen LogP contribution < -0.4 is 10.1 Å². The van der Waals surface area contributed by atoms with Crippen molar-refractivity contribution in [2.24, 2.45) is 5.92 Å². The number of nitrogens with one attached hydrogen (secondary N) is 1. The number of carbonyl (C=O) groups excluding carboxylic acids is 1. The molecule has 1 aromatic carbocycles. The van der Waals surface area contributed by atoms with Gasteiger partial charge in [-0.2, -0.15) is 0 Å². The van der Waals surface area contributed by atoms with Crippen molar-refractivity contribution in [1.29, 1.82) is 0 Å². The van der Waals surface area contributed by atoms with E-state index >= 15 is 0 Å². The lowest BCUT2D eigenvalue weighted by atomic mass is 9.86. The number of piperidine rings is 3. The van der Waals surface area contributed by atoms with E-state index in [0.29, 0.717) is 18.4 Å². The molecule has 7 heteroatoms. The lowest BCUT2D eigenvalue weighted by Crippen LogP contribution is -2.53. The molecule has 1 atom stereocenters. The fourth-order valence-corrected chi connectivity index (χ4v) is 4.30. The van der Waals surface area contributed by atoms with Crippen molar-refractivity contribution < 1.29 is 14.3 Å². The van der Waals surface area contributed by atoms with E-state index < -0.39 is 5.54 Å². The Bertz CT molecular complexity index is 876. The predicted molar refractivity (Wildman–Crippen MR) is 114 cm³/mol. The van der Waals surface area contributed by atoms with Gasteiger partial charge in [-0.05, 0) is 70.3 Å². The van der Waals surface area contributed by atoms with Gasteiger partial charge in [0.15, 0.2) is 0 Å². The Labute approximate surface area is 177 Å². The Hall–Kier alpha value is -2.67. The minimum absolute atomic E-state index is 0.00578. The molecule has 0 aliphatic carbocycles. The first kappa shape index (κ1) is 20.6. The molecule has 30 heavy (non-hydrogen) atoms. The van der Waals surface area contributed by atoms with Gasteiger partial charge in [-0.25, -0.2) is 4.79 Å². The molecule has 2 bridgehead atoms. The van der Waals surface area contributed by atoms with Gasteiger partial charge in [-0.3, -0.25) is 4.90 Å². The lowest BCUT2D eigenvalue weighted by Gasteiger charge is -2.44. The minimum atomic E-state index is -0.584. The fourth-order valence-electron chi connectivity index (χ4n) is 4.30. The first-order valence-corrected chi connectivity index (χ1v) is 10.7. The topological polar surface area (TPSA) is 76.6 Å². The van der Waals surface area contributed by atoms with Crippen LogP contribution >= 0.6 is 0 Å². The molecule has 1 amide bonds. The average molecular weight is 411 g/mol. The van der Waals surface area contributed by atoms with Gasteiger partial charge in [-0.1, -0.05) is 18.2 Å². The van der Waals surface area contributed by atoms with Crippen LogP contribution in [0.2, 0.25) is 0 Å². The van der Waals surface area contributed by atoms with Gasteiger partial charge in [0.2, 0.25) is 5.88 Å². The Morgan fingerprint density at radius 2 is 2.00 bits per heavy atom. The van der Waals surface area contributed by atoms with Gasteiger partial charge >= 0.3 is 6.09 Å². The van der Waals surface area contributed by atoms with E-state index in [9.17, 15) is 4.79 Å². The molecule has 1 aromatic heterocycles. The second kappa shape index (κ2) is 8.60. The summed E-state index contributed by atoms with van der Waals surface area (Å²) in [6.07, 6.45) is 1.87. The van der Waals surface area contributed by atoms with Crippen molar-refractivity contribution in [3.63, 3.8) is 0 Å². The van der Waals surface area contributed by atoms with Gasteiger partial charge in [0.05, 0.1) is 17.8 Å². The largest absolute Gasteiger partial charge is 0.477 e. The first-order chi connectivity index (χ1) is 14.4. The van der Waals surface area contributed by atoms with Crippen molar-refractivity contribution >= 4 is 6.09 Å². The van der Waals surface area contributed by atoms with Crippen molar-refractivity contribution in [2.75, 3.05) is 26.2 Å². The summed E-state index contributed by atoms with van der Waals surface area (Å²) in [6, 6.07) is 11.7. The molecule has 3 saturated heterocycles. The highest BCUT2D eigenvalue weighted by molar-refractivity contribution is 5.69. The third-order valence-corrected chi connectivity index (χ3v) is 6.08. The predicted octanol–water partition coefficient (Wildman–Crippen LogP) is 3.60. The maximum Gasteiger partial charge on any atom is 0.408 e. The number of amides is 1. The van der Waals surface area contributed by atoms with Crippen LogP contribution in [-0.2, 0) is 10.3 Å². The number of ether oxygens (including phenoxy) is 2. The van der Waals surface area contributed by atoms with Crippen LogP contribution in [-0.4, -0.2) is 53.5 Å². The van der Waals surface area contributed by atoms with Crippen LogP contribution in [0.25, 0.3) is 11.3 Å². The van der Waals surface area contributed by atoms with Gasteiger partial charge in [0, 0.05) is 18.2 Å². The Morgan fingerprint density at radius 1 is 1.20 bits per heavy atom. The van der Waals surface area contributed by atoms with Crippen LogP contribution in [0.4, 0.5) is 4.79 Å². The third kappa shape index (κ3) is 4.56. The van der Waals surface area contributed by atoms with Crippen LogP contribution in [0.5, 0.6) is 5.88 Å². The molecule has 160 valence electrons. The number of hydrogen-bond acceptors (Lipinski definition) is 6. The summed E-state index contributed by atoms with van der Waals surface area (Å²) >= 11 is 0. The van der Waals surface area contributed by atoms with E-state index in [2.05, 4.69) is 20.4 Å². The van der Waals surface area contributed by atoms with Gasteiger partial charge in [-0.15, -0.1) is 10.2 Å². The van der Waals surface area contributed by atoms with Crippen LogP contribution in [0.1, 0.15) is 39.2 Å². The quantitative estimate of drug-likeness (QED) is 0.784. The van der Waals surface area contributed by atoms with E-state index in [-0.39, 0.29) is 12.2 Å². The lowest BCUT2D eigenvalue weighted by molar-refractivity contribution is -0.0349. The number of alkyl carbamates (subject to hydrolysis) is 1. The molecule has 1 unspecified atom stereocenters. The molecular formula is C23H30N4O3. The molecule has 0 radical (unpaired) electrons. The molecule has 7 nitrogen and oxygen atoms in total. The van der Waals surface area contributed by atoms with E-state index in [0.717, 1.165) is 49.3 Å². The van der Waals surface area contributed by atoms with Crippen LogP contribution in [0, 0.1) is 5.92 Å². The number of carbonyl (C=O) groups is 1. The number of nitrogens with zero attached hydrogens (tertiary/aromatic N) is 3. The molecule has 5 rings (SSSR count). The Morgan fingerprint density at radius 3 is 2.63 bits per heavy atom. The molecule has 0 spiro atoms.